The molecule has 0 atom stereocenters. The molecule has 0 spiro atoms. The molecule has 178 valence electrons. The minimum absolute atomic E-state index is 0.105. The van der Waals surface area contributed by atoms with Crippen LogP contribution in [0.1, 0.15) is 35.2 Å². The molecule has 34 heavy (non-hydrogen) atoms. The molecule has 0 bridgehead atoms. The van der Waals surface area contributed by atoms with Crippen molar-refractivity contribution in [2.75, 3.05) is 33.9 Å². The smallest absolute Gasteiger partial charge is 0.255 e. The third kappa shape index (κ3) is 5.90. The number of nitrogens with one attached hydrogen (secondary N) is 1. The van der Waals surface area contributed by atoms with Gasteiger partial charge in [-0.2, -0.15) is 0 Å². The summed E-state index contributed by atoms with van der Waals surface area (Å²) in [5.74, 6) is -0.255. The number of nitrogens with zero attached hydrogens (tertiary/aromatic N) is 2. The highest BCUT2D eigenvalue weighted by molar-refractivity contribution is 7.92. The summed E-state index contributed by atoms with van der Waals surface area (Å²) in [6, 6.07) is 21.5. The van der Waals surface area contributed by atoms with Crippen LogP contribution in [0.4, 0.5) is 17.1 Å². The molecule has 1 saturated heterocycles. The Balaban J connectivity index is 1.45. The molecule has 0 saturated carbocycles. The Kier molecular flexibility index (Phi) is 7.44. The van der Waals surface area contributed by atoms with Gasteiger partial charge in [-0.25, -0.2) is 8.42 Å². The van der Waals surface area contributed by atoms with Gasteiger partial charge in [0.25, 0.3) is 5.91 Å². The summed E-state index contributed by atoms with van der Waals surface area (Å²) in [6.07, 6.45) is 4.86. The molecule has 1 aliphatic heterocycles. The van der Waals surface area contributed by atoms with E-state index in [1.54, 1.807) is 42.5 Å². The van der Waals surface area contributed by atoms with Crippen molar-refractivity contribution in [1.82, 2.24) is 0 Å². The van der Waals surface area contributed by atoms with Crippen LogP contribution in [0.15, 0.2) is 72.8 Å². The predicted octanol–water partition coefficient (Wildman–Crippen LogP) is 5.55. The minimum Gasteiger partial charge on any atom is -0.372 e. The van der Waals surface area contributed by atoms with Gasteiger partial charge in [-0.3, -0.25) is 9.10 Å². The SMILES string of the molecule is CS(=O)(=O)N(Cc1ccccc1Cl)c1ccc(C(=O)Nc2ccc(N3CCCCC3)cc2)cc1. The number of hydrogen-bond acceptors (Lipinski definition) is 4. The maximum Gasteiger partial charge on any atom is 0.255 e. The minimum atomic E-state index is -3.56. The lowest BCUT2D eigenvalue weighted by molar-refractivity contribution is 0.102. The normalized spacial score (nSPS) is 14.0. The Morgan fingerprint density at radius 3 is 2.21 bits per heavy atom. The van der Waals surface area contributed by atoms with E-state index >= 15 is 0 Å². The molecule has 0 radical (unpaired) electrons. The fourth-order valence-electron chi connectivity index (χ4n) is 4.07. The number of amides is 1. The molecular weight excluding hydrogens is 470 g/mol. The van der Waals surface area contributed by atoms with Crippen LogP contribution in [0.2, 0.25) is 5.02 Å². The fraction of sp³-hybridized carbons (Fsp3) is 0.269. The van der Waals surface area contributed by atoms with Crippen molar-refractivity contribution >= 4 is 44.6 Å². The summed E-state index contributed by atoms with van der Waals surface area (Å²) in [6.45, 7) is 2.24. The van der Waals surface area contributed by atoms with E-state index in [1.807, 2.05) is 30.3 Å². The zero-order valence-corrected chi connectivity index (χ0v) is 20.6. The van der Waals surface area contributed by atoms with Gasteiger partial charge in [0, 0.05) is 35.1 Å². The van der Waals surface area contributed by atoms with Crippen LogP contribution in [0, 0.1) is 0 Å². The monoisotopic (exact) mass is 497 g/mol. The molecule has 0 aliphatic carbocycles. The number of carbonyl (C=O) groups excluding carboxylic acids is 1. The predicted molar refractivity (Wildman–Crippen MR) is 139 cm³/mol. The van der Waals surface area contributed by atoms with Crippen molar-refractivity contribution in [2.24, 2.45) is 0 Å². The Morgan fingerprint density at radius 2 is 1.59 bits per heavy atom. The van der Waals surface area contributed by atoms with E-state index in [0.29, 0.717) is 27.5 Å². The van der Waals surface area contributed by atoms with Gasteiger partial charge in [0.05, 0.1) is 18.5 Å². The third-order valence-electron chi connectivity index (χ3n) is 5.94. The number of carbonyl (C=O) groups is 1. The van der Waals surface area contributed by atoms with Crippen molar-refractivity contribution in [2.45, 2.75) is 25.8 Å². The van der Waals surface area contributed by atoms with Crippen LogP contribution in [-0.4, -0.2) is 33.7 Å². The maximum absolute atomic E-state index is 12.7. The van der Waals surface area contributed by atoms with E-state index in [4.69, 9.17) is 11.6 Å². The van der Waals surface area contributed by atoms with Gasteiger partial charge in [-0.05, 0) is 79.4 Å². The molecular formula is C26H28ClN3O3S. The molecule has 3 aromatic rings. The van der Waals surface area contributed by atoms with Gasteiger partial charge >= 0.3 is 0 Å². The first-order valence-corrected chi connectivity index (χ1v) is 13.5. The number of hydrogen-bond donors (Lipinski definition) is 1. The molecule has 0 unspecified atom stereocenters. The second-order valence-electron chi connectivity index (χ2n) is 8.46. The molecule has 6 nitrogen and oxygen atoms in total. The summed E-state index contributed by atoms with van der Waals surface area (Å²) in [5.41, 5.74) is 3.48. The lowest BCUT2D eigenvalue weighted by atomic mass is 10.1. The standard InChI is InChI=1S/C26H28ClN3O3S/c1-34(32,33)30(19-21-7-3-4-8-25(21)27)24-13-9-20(10-14-24)26(31)28-22-11-15-23(16-12-22)29-17-5-2-6-18-29/h3-4,7-16H,2,5-6,17-19H2,1H3,(H,28,31). The van der Waals surface area contributed by atoms with Gasteiger partial charge in [-0.15, -0.1) is 0 Å². The number of halogens is 1. The second kappa shape index (κ2) is 10.5. The van der Waals surface area contributed by atoms with E-state index in [0.717, 1.165) is 19.3 Å². The maximum atomic E-state index is 12.7. The van der Waals surface area contributed by atoms with Gasteiger partial charge in [0.2, 0.25) is 10.0 Å². The van der Waals surface area contributed by atoms with Crippen LogP contribution in [0.25, 0.3) is 0 Å². The van der Waals surface area contributed by atoms with Crippen LogP contribution in [-0.2, 0) is 16.6 Å². The fourth-order valence-corrected chi connectivity index (χ4v) is 5.15. The van der Waals surface area contributed by atoms with Crippen LogP contribution in [0.3, 0.4) is 0 Å². The number of benzene rings is 3. The lowest BCUT2D eigenvalue weighted by Crippen LogP contribution is -2.29. The quantitative estimate of drug-likeness (QED) is 0.464. The van der Waals surface area contributed by atoms with Gasteiger partial charge < -0.3 is 10.2 Å². The van der Waals surface area contributed by atoms with Crippen LogP contribution < -0.4 is 14.5 Å². The highest BCUT2D eigenvalue weighted by atomic mass is 35.5. The number of rotatable bonds is 7. The van der Waals surface area contributed by atoms with Crippen LogP contribution in [0.5, 0.6) is 0 Å². The van der Waals surface area contributed by atoms with Gasteiger partial charge in [-0.1, -0.05) is 29.8 Å². The van der Waals surface area contributed by atoms with Crippen molar-refractivity contribution in [3.8, 4) is 0 Å². The highest BCUT2D eigenvalue weighted by Crippen LogP contribution is 2.25. The van der Waals surface area contributed by atoms with Crippen molar-refractivity contribution in [3.63, 3.8) is 0 Å². The Morgan fingerprint density at radius 1 is 0.941 bits per heavy atom. The number of anilines is 3. The molecule has 4 rings (SSSR count). The molecule has 1 N–H and O–H groups in total. The molecule has 1 fully saturated rings. The van der Waals surface area contributed by atoms with Crippen molar-refractivity contribution in [3.05, 3.63) is 88.9 Å². The summed E-state index contributed by atoms with van der Waals surface area (Å²) >= 11 is 6.23. The molecule has 1 heterocycles. The molecule has 1 amide bonds. The summed E-state index contributed by atoms with van der Waals surface area (Å²) in [5, 5.41) is 3.41. The van der Waals surface area contributed by atoms with Crippen molar-refractivity contribution < 1.29 is 13.2 Å². The average Bonchev–Trinajstić information content (AvgIpc) is 2.84. The van der Waals surface area contributed by atoms with Gasteiger partial charge in [0.1, 0.15) is 0 Å². The van der Waals surface area contributed by atoms with Crippen molar-refractivity contribution in [1.29, 1.82) is 0 Å². The third-order valence-corrected chi connectivity index (χ3v) is 7.45. The topological polar surface area (TPSA) is 69.7 Å². The Labute approximate surface area is 206 Å². The highest BCUT2D eigenvalue weighted by Gasteiger charge is 2.19. The van der Waals surface area contributed by atoms with E-state index < -0.39 is 10.0 Å². The first kappa shape index (κ1) is 24.1. The number of sulfonamides is 1. The largest absolute Gasteiger partial charge is 0.372 e. The van der Waals surface area contributed by atoms with E-state index in [2.05, 4.69) is 10.2 Å². The van der Waals surface area contributed by atoms with Crippen LogP contribution >= 0.6 is 11.6 Å². The zero-order chi connectivity index (χ0) is 24.1. The first-order chi connectivity index (χ1) is 16.3. The number of piperidine rings is 1. The summed E-state index contributed by atoms with van der Waals surface area (Å²) in [4.78, 5) is 15.1. The van der Waals surface area contributed by atoms with E-state index in [1.165, 1.54) is 29.3 Å². The lowest BCUT2D eigenvalue weighted by Gasteiger charge is -2.28. The zero-order valence-electron chi connectivity index (χ0n) is 19.1. The molecule has 0 aromatic heterocycles. The second-order valence-corrected chi connectivity index (χ2v) is 10.8. The average molecular weight is 498 g/mol. The summed E-state index contributed by atoms with van der Waals surface area (Å²) in [7, 11) is -3.56. The Bertz CT molecular complexity index is 1240. The molecule has 8 heteroatoms. The Hall–Kier alpha value is -3.03. The van der Waals surface area contributed by atoms with E-state index in [-0.39, 0.29) is 12.5 Å². The molecule has 1 aliphatic rings. The summed E-state index contributed by atoms with van der Waals surface area (Å²) < 4.78 is 26.2. The van der Waals surface area contributed by atoms with Gasteiger partial charge in [0.15, 0.2) is 0 Å². The van der Waals surface area contributed by atoms with E-state index in [9.17, 15) is 13.2 Å². The molecule has 3 aromatic carbocycles. The first-order valence-electron chi connectivity index (χ1n) is 11.3.